The first kappa shape index (κ1) is 18.9. The molecule has 3 rings (SSSR count). The van der Waals surface area contributed by atoms with Crippen LogP contribution in [0.3, 0.4) is 0 Å². The molecule has 1 aromatic heterocycles. The van der Waals surface area contributed by atoms with Crippen LogP contribution in [0, 0.1) is 0 Å². The fourth-order valence-corrected chi connectivity index (χ4v) is 4.48. The molecule has 0 unspecified atom stereocenters. The maximum Gasteiger partial charge on any atom is 0.257 e. The van der Waals surface area contributed by atoms with Crippen molar-refractivity contribution in [3.8, 4) is 0 Å². The van der Waals surface area contributed by atoms with E-state index in [2.05, 4.69) is 22.1 Å². The second-order valence-electron chi connectivity index (χ2n) is 6.31. The minimum Gasteiger partial charge on any atom is -0.298 e. The molecule has 1 aliphatic rings. The molecule has 0 spiro atoms. The predicted octanol–water partition coefficient (Wildman–Crippen LogP) is 2.04. The van der Waals surface area contributed by atoms with Crippen LogP contribution in [0.25, 0.3) is 0 Å². The first-order valence-corrected chi connectivity index (χ1v) is 9.96. The Labute approximate surface area is 152 Å². The van der Waals surface area contributed by atoms with E-state index >= 15 is 0 Å². The number of rotatable bonds is 6. The molecule has 6 nitrogen and oxygen atoms in total. The summed E-state index contributed by atoms with van der Waals surface area (Å²) in [5.74, 6) is 0. The molecule has 0 atom stereocenters. The third kappa shape index (κ3) is 4.66. The van der Waals surface area contributed by atoms with E-state index in [-0.39, 0.29) is 4.90 Å². The van der Waals surface area contributed by atoms with Crippen LogP contribution < -0.4 is 0 Å². The van der Waals surface area contributed by atoms with Gasteiger partial charge in [0, 0.05) is 32.4 Å². The second kappa shape index (κ2) is 8.24. The summed E-state index contributed by atoms with van der Waals surface area (Å²) in [4.78, 5) is 2.19. The van der Waals surface area contributed by atoms with Gasteiger partial charge in [0.25, 0.3) is 6.43 Å². The molecule has 0 aliphatic carbocycles. The van der Waals surface area contributed by atoms with E-state index in [4.69, 9.17) is 0 Å². The predicted molar refractivity (Wildman–Crippen MR) is 93.3 cm³/mol. The van der Waals surface area contributed by atoms with Crippen LogP contribution in [-0.2, 0) is 23.1 Å². The third-order valence-electron chi connectivity index (χ3n) is 4.37. The SMILES string of the molecule is O=S(=O)(c1cnn(CC(F)F)c1)N1CCCN(Cc2ccccc2)CC1. The van der Waals surface area contributed by atoms with Crippen molar-refractivity contribution in [2.24, 2.45) is 0 Å². The largest absolute Gasteiger partial charge is 0.298 e. The molecule has 1 aliphatic heterocycles. The van der Waals surface area contributed by atoms with Gasteiger partial charge in [-0.25, -0.2) is 17.2 Å². The summed E-state index contributed by atoms with van der Waals surface area (Å²) in [7, 11) is -3.72. The standard InChI is InChI=1S/C17H22F2N4O2S/c18-17(19)14-22-13-16(11-20-22)26(24,25)23-8-4-7-21(9-10-23)12-15-5-2-1-3-6-15/h1-3,5-6,11,13,17H,4,7-10,12,14H2. The number of aromatic nitrogens is 2. The van der Waals surface area contributed by atoms with Gasteiger partial charge in [-0.2, -0.15) is 9.40 Å². The zero-order valence-electron chi connectivity index (χ0n) is 14.3. The van der Waals surface area contributed by atoms with E-state index < -0.39 is 23.0 Å². The van der Waals surface area contributed by atoms with Crippen molar-refractivity contribution in [1.82, 2.24) is 19.0 Å². The molecule has 0 radical (unpaired) electrons. The fraction of sp³-hybridized carbons (Fsp3) is 0.471. The van der Waals surface area contributed by atoms with Crippen molar-refractivity contribution >= 4 is 10.0 Å². The summed E-state index contributed by atoms with van der Waals surface area (Å²) in [6.45, 7) is 2.38. The molecule has 0 N–H and O–H groups in total. The van der Waals surface area contributed by atoms with Crippen LogP contribution in [0.15, 0.2) is 47.6 Å². The summed E-state index contributed by atoms with van der Waals surface area (Å²) >= 11 is 0. The van der Waals surface area contributed by atoms with E-state index in [1.807, 2.05) is 18.2 Å². The van der Waals surface area contributed by atoms with Gasteiger partial charge in [-0.15, -0.1) is 0 Å². The van der Waals surface area contributed by atoms with Gasteiger partial charge >= 0.3 is 0 Å². The number of halogens is 2. The van der Waals surface area contributed by atoms with E-state index in [9.17, 15) is 17.2 Å². The van der Waals surface area contributed by atoms with E-state index in [1.54, 1.807) is 0 Å². The molecule has 26 heavy (non-hydrogen) atoms. The number of benzene rings is 1. The van der Waals surface area contributed by atoms with E-state index in [1.165, 1.54) is 16.1 Å². The number of hydrogen-bond acceptors (Lipinski definition) is 4. The third-order valence-corrected chi connectivity index (χ3v) is 6.22. The molecule has 1 fully saturated rings. The normalized spacial score (nSPS) is 17.5. The monoisotopic (exact) mass is 384 g/mol. The van der Waals surface area contributed by atoms with Gasteiger partial charge < -0.3 is 0 Å². The lowest BCUT2D eigenvalue weighted by Crippen LogP contribution is -2.35. The summed E-state index contributed by atoms with van der Waals surface area (Å²) in [6, 6.07) is 10.0. The molecule has 2 aromatic rings. The molecule has 9 heteroatoms. The molecule has 1 aromatic carbocycles. The van der Waals surface area contributed by atoms with Crippen molar-refractivity contribution in [2.75, 3.05) is 26.2 Å². The molecule has 0 bridgehead atoms. The molecule has 0 saturated carbocycles. The van der Waals surface area contributed by atoms with Crippen LogP contribution in [0.4, 0.5) is 8.78 Å². The van der Waals surface area contributed by atoms with Crippen LogP contribution in [0.5, 0.6) is 0 Å². The maximum atomic E-state index is 12.8. The Morgan fingerprint density at radius 3 is 2.58 bits per heavy atom. The van der Waals surface area contributed by atoms with Gasteiger partial charge in [0.05, 0.1) is 6.20 Å². The Balaban J connectivity index is 1.65. The highest BCUT2D eigenvalue weighted by Gasteiger charge is 2.28. The minimum absolute atomic E-state index is 0.0327. The number of hydrogen-bond donors (Lipinski definition) is 0. The Morgan fingerprint density at radius 1 is 1.08 bits per heavy atom. The quantitative estimate of drug-likeness (QED) is 0.765. The number of alkyl halides is 2. The summed E-state index contributed by atoms with van der Waals surface area (Å²) < 4.78 is 52.8. The van der Waals surface area contributed by atoms with Crippen molar-refractivity contribution in [2.45, 2.75) is 30.8 Å². The lowest BCUT2D eigenvalue weighted by molar-refractivity contribution is 0.121. The number of sulfonamides is 1. The first-order chi connectivity index (χ1) is 12.4. The average molecular weight is 384 g/mol. The van der Waals surface area contributed by atoms with Crippen LogP contribution in [0.1, 0.15) is 12.0 Å². The molecule has 2 heterocycles. The molecule has 142 valence electrons. The smallest absolute Gasteiger partial charge is 0.257 e. The Morgan fingerprint density at radius 2 is 1.85 bits per heavy atom. The summed E-state index contributed by atoms with van der Waals surface area (Å²) in [6.07, 6.45) is 0.463. The Kier molecular flexibility index (Phi) is 6.00. The highest BCUT2D eigenvalue weighted by Crippen LogP contribution is 2.18. The van der Waals surface area contributed by atoms with Gasteiger partial charge in [0.15, 0.2) is 0 Å². The lowest BCUT2D eigenvalue weighted by Gasteiger charge is -2.21. The molecule has 1 saturated heterocycles. The molecular formula is C17H22F2N4O2S. The van der Waals surface area contributed by atoms with Crippen molar-refractivity contribution in [3.05, 3.63) is 48.3 Å². The first-order valence-electron chi connectivity index (χ1n) is 8.52. The van der Waals surface area contributed by atoms with Crippen LogP contribution in [-0.4, -0.2) is 60.0 Å². The fourth-order valence-electron chi connectivity index (χ4n) is 3.06. The topological polar surface area (TPSA) is 58.4 Å². The summed E-state index contributed by atoms with van der Waals surface area (Å²) in [5, 5.41) is 3.73. The van der Waals surface area contributed by atoms with Crippen LogP contribution in [0.2, 0.25) is 0 Å². The van der Waals surface area contributed by atoms with Gasteiger partial charge in [0.1, 0.15) is 11.4 Å². The van der Waals surface area contributed by atoms with E-state index in [0.29, 0.717) is 19.6 Å². The van der Waals surface area contributed by atoms with Crippen molar-refractivity contribution < 1.29 is 17.2 Å². The van der Waals surface area contributed by atoms with Gasteiger partial charge in [-0.1, -0.05) is 30.3 Å². The average Bonchev–Trinajstić information content (AvgIpc) is 2.94. The zero-order valence-corrected chi connectivity index (χ0v) is 15.2. The Bertz CT molecular complexity index is 811. The van der Waals surface area contributed by atoms with Crippen molar-refractivity contribution in [3.63, 3.8) is 0 Å². The number of nitrogens with zero attached hydrogens (tertiary/aromatic N) is 4. The summed E-state index contributed by atoms with van der Waals surface area (Å²) in [5.41, 5.74) is 1.19. The highest BCUT2D eigenvalue weighted by molar-refractivity contribution is 7.89. The van der Waals surface area contributed by atoms with Crippen molar-refractivity contribution in [1.29, 1.82) is 0 Å². The van der Waals surface area contributed by atoms with Gasteiger partial charge in [-0.3, -0.25) is 9.58 Å². The molecular weight excluding hydrogens is 362 g/mol. The maximum absolute atomic E-state index is 12.8. The van der Waals surface area contributed by atoms with Gasteiger partial charge in [-0.05, 0) is 18.5 Å². The minimum atomic E-state index is -3.72. The van der Waals surface area contributed by atoms with E-state index in [0.717, 1.165) is 30.4 Å². The second-order valence-corrected chi connectivity index (χ2v) is 8.25. The molecule has 0 amide bonds. The lowest BCUT2D eigenvalue weighted by atomic mass is 10.2. The van der Waals surface area contributed by atoms with Crippen LogP contribution >= 0.6 is 0 Å². The Hall–Kier alpha value is -1.84. The van der Waals surface area contributed by atoms with Gasteiger partial charge in [0.2, 0.25) is 10.0 Å². The zero-order chi connectivity index (χ0) is 18.6. The highest BCUT2D eigenvalue weighted by atomic mass is 32.2.